The molecule has 0 aromatic carbocycles. The van der Waals surface area contributed by atoms with Crippen LogP contribution in [0.3, 0.4) is 0 Å². The number of rotatable bonds is 4. The average molecular weight is 245 g/mol. The molecule has 1 aromatic rings. The van der Waals surface area contributed by atoms with Crippen molar-refractivity contribution in [1.82, 2.24) is 10.2 Å². The zero-order chi connectivity index (χ0) is 12.5. The van der Waals surface area contributed by atoms with Crippen molar-refractivity contribution in [3.63, 3.8) is 0 Å². The van der Waals surface area contributed by atoms with Crippen molar-refractivity contribution in [2.24, 2.45) is 11.8 Å². The summed E-state index contributed by atoms with van der Waals surface area (Å²) in [6, 6.07) is 2.26. The first kappa shape index (κ1) is 12.1. The van der Waals surface area contributed by atoms with Crippen LogP contribution in [0, 0.1) is 11.8 Å². The molecule has 3 nitrogen and oxygen atoms in total. The molecule has 1 atom stereocenters. The third-order valence-corrected chi connectivity index (χ3v) is 2.99. The Morgan fingerprint density at radius 1 is 1.35 bits per heavy atom. The Labute approximate surface area is 97.4 Å². The number of anilines is 1. The minimum Gasteiger partial charge on any atom is -0.368 e. The normalized spacial score (nSPS) is 17.9. The van der Waals surface area contributed by atoms with Gasteiger partial charge in [0.25, 0.3) is 0 Å². The molecule has 6 heteroatoms. The Morgan fingerprint density at radius 3 is 2.53 bits per heavy atom. The quantitative estimate of drug-likeness (QED) is 0.886. The zero-order valence-electron chi connectivity index (χ0n) is 9.46. The molecule has 1 saturated carbocycles. The predicted octanol–water partition coefficient (Wildman–Crippen LogP) is 2.95. The third kappa shape index (κ3) is 3.31. The lowest BCUT2D eigenvalue weighted by atomic mass is 10.1. The van der Waals surface area contributed by atoms with Gasteiger partial charge < -0.3 is 5.32 Å². The van der Waals surface area contributed by atoms with Crippen LogP contribution >= 0.6 is 0 Å². The van der Waals surface area contributed by atoms with E-state index in [0.717, 1.165) is 18.5 Å². The fraction of sp³-hybridized carbons (Fsp3) is 0.636. The van der Waals surface area contributed by atoms with E-state index in [2.05, 4.69) is 22.4 Å². The molecule has 0 radical (unpaired) electrons. The summed E-state index contributed by atoms with van der Waals surface area (Å²) in [7, 11) is 0. The van der Waals surface area contributed by atoms with Crippen LogP contribution in [0.2, 0.25) is 0 Å². The monoisotopic (exact) mass is 245 g/mol. The summed E-state index contributed by atoms with van der Waals surface area (Å²) in [5, 5.41) is 9.67. The Hall–Kier alpha value is -1.33. The van der Waals surface area contributed by atoms with Crippen molar-refractivity contribution in [2.45, 2.75) is 25.9 Å². The molecule has 1 N–H and O–H groups in total. The van der Waals surface area contributed by atoms with E-state index in [9.17, 15) is 13.2 Å². The highest BCUT2D eigenvalue weighted by molar-refractivity contribution is 5.33. The van der Waals surface area contributed by atoms with E-state index in [4.69, 9.17) is 0 Å². The van der Waals surface area contributed by atoms with Crippen LogP contribution in [0.1, 0.15) is 25.5 Å². The van der Waals surface area contributed by atoms with Gasteiger partial charge >= 0.3 is 6.18 Å². The molecule has 0 spiro atoms. The number of aromatic nitrogens is 2. The van der Waals surface area contributed by atoms with Gasteiger partial charge in [0, 0.05) is 6.54 Å². The van der Waals surface area contributed by atoms with E-state index in [-0.39, 0.29) is 0 Å². The van der Waals surface area contributed by atoms with E-state index in [1.54, 1.807) is 0 Å². The third-order valence-electron chi connectivity index (χ3n) is 2.99. The molecule has 2 rings (SSSR count). The summed E-state index contributed by atoms with van der Waals surface area (Å²) in [5.41, 5.74) is -0.960. The molecule has 1 aliphatic carbocycles. The van der Waals surface area contributed by atoms with Gasteiger partial charge in [-0.05, 0) is 36.8 Å². The van der Waals surface area contributed by atoms with E-state index >= 15 is 0 Å². The van der Waals surface area contributed by atoms with Crippen LogP contribution in [0.4, 0.5) is 19.0 Å². The minimum atomic E-state index is -4.42. The molecule has 94 valence electrons. The van der Waals surface area contributed by atoms with Gasteiger partial charge in [0.1, 0.15) is 5.82 Å². The summed E-state index contributed by atoms with van der Waals surface area (Å²) >= 11 is 0. The van der Waals surface area contributed by atoms with Gasteiger partial charge in [-0.1, -0.05) is 6.92 Å². The van der Waals surface area contributed by atoms with Crippen molar-refractivity contribution >= 4 is 5.82 Å². The summed E-state index contributed by atoms with van der Waals surface area (Å²) in [5.74, 6) is 1.68. The summed E-state index contributed by atoms with van der Waals surface area (Å²) < 4.78 is 36.7. The number of hydrogen-bond donors (Lipinski definition) is 1. The smallest absolute Gasteiger partial charge is 0.368 e. The number of alkyl halides is 3. The fourth-order valence-corrected chi connectivity index (χ4v) is 1.68. The second kappa shape index (κ2) is 4.50. The van der Waals surface area contributed by atoms with Gasteiger partial charge in [0.2, 0.25) is 0 Å². The Bertz CT molecular complexity index is 371. The molecular formula is C11H14F3N3. The number of nitrogens with one attached hydrogen (secondary N) is 1. The lowest BCUT2D eigenvalue weighted by molar-refractivity contribution is -0.141. The lowest BCUT2D eigenvalue weighted by Gasteiger charge is -2.11. The van der Waals surface area contributed by atoms with E-state index < -0.39 is 11.9 Å². The Morgan fingerprint density at radius 2 is 2.06 bits per heavy atom. The predicted molar refractivity (Wildman–Crippen MR) is 57.4 cm³/mol. The second-order valence-electron chi connectivity index (χ2n) is 4.50. The van der Waals surface area contributed by atoms with Gasteiger partial charge in [0.05, 0.1) is 0 Å². The SMILES string of the molecule is CC(CNc1ccc(C(F)(F)F)nn1)C1CC1. The standard InChI is InChI=1S/C11H14F3N3/c1-7(8-2-3-8)6-15-10-5-4-9(16-17-10)11(12,13)14/h4-5,7-8H,2-3,6H2,1H3,(H,15,17). The topological polar surface area (TPSA) is 37.8 Å². The van der Waals surface area contributed by atoms with E-state index in [1.165, 1.54) is 18.9 Å². The molecule has 0 aliphatic heterocycles. The van der Waals surface area contributed by atoms with Crippen LogP contribution in [0.15, 0.2) is 12.1 Å². The molecule has 1 heterocycles. The van der Waals surface area contributed by atoms with Crippen molar-refractivity contribution in [3.05, 3.63) is 17.8 Å². The summed E-state index contributed by atoms with van der Waals surface area (Å²) in [4.78, 5) is 0. The summed E-state index contributed by atoms with van der Waals surface area (Å²) in [6.45, 7) is 2.85. The van der Waals surface area contributed by atoms with Crippen LogP contribution in [0.25, 0.3) is 0 Å². The lowest BCUT2D eigenvalue weighted by Crippen LogP contribution is -2.15. The molecule has 1 aliphatic rings. The highest BCUT2D eigenvalue weighted by Gasteiger charge is 2.33. The highest BCUT2D eigenvalue weighted by atomic mass is 19.4. The second-order valence-corrected chi connectivity index (χ2v) is 4.50. The van der Waals surface area contributed by atoms with Gasteiger partial charge in [-0.2, -0.15) is 13.2 Å². The first-order valence-corrected chi connectivity index (χ1v) is 5.61. The largest absolute Gasteiger partial charge is 0.435 e. The van der Waals surface area contributed by atoms with Gasteiger partial charge in [-0.15, -0.1) is 10.2 Å². The highest BCUT2D eigenvalue weighted by Crippen LogP contribution is 2.36. The fourth-order valence-electron chi connectivity index (χ4n) is 1.68. The number of hydrogen-bond acceptors (Lipinski definition) is 3. The zero-order valence-corrected chi connectivity index (χ0v) is 9.46. The molecule has 0 amide bonds. The molecule has 17 heavy (non-hydrogen) atoms. The minimum absolute atomic E-state index is 0.394. The van der Waals surface area contributed by atoms with E-state index in [1.807, 2.05) is 0 Å². The Kier molecular flexibility index (Phi) is 3.22. The van der Waals surface area contributed by atoms with Crippen LogP contribution in [0.5, 0.6) is 0 Å². The van der Waals surface area contributed by atoms with Crippen molar-refractivity contribution in [1.29, 1.82) is 0 Å². The maximum absolute atomic E-state index is 12.2. The van der Waals surface area contributed by atoms with Crippen molar-refractivity contribution < 1.29 is 13.2 Å². The van der Waals surface area contributed by atoms with Gasteiger partial charge in [-0.3, -0.25) is 0 Å². The van der Waals surface area contributed by atoms with Gasteiger partial charge in [0.15, 0.2) is 5.69 Å². The molecule has 1 fully saturated rings. The Balaban J connectivity index is 1.89. The van der Waals surface area contributed by atoms with Crippen molar-refractivity contribution in [3.8, 4) is 0 Å². The molecule has 1 unspecified atom stereocenters. The van der Waals surface area contributed by atoms with Gasteiger partial charge in [-0.25, -0.2) is 0 Å². The number of halogens is 3. The molecule has 0 bridgehead atoms. The van der Waals surface area contributed by atoms with Crippen LogP contribution in [-0.4, -0.2) is 16.7 Å². The van der Waals surface area contributed by atoms with E-state index in [0.29, 0.717) is 11.7 Å². The number of nitrogens with zero attached hydrogens (tertiary/aromatic N) is 2. The van der Waals surface area contributed by atoms with Crippen molar-refractivity contribution in [2.75, 3.05) is 11.9 Å². The first-order valence-electron chi connectivity index (χ1n) is 5.61. The average Bonchev–Trinajstić information content (AvgIpc) is 3.09. The maximum atomic E-state index is 12.2. The molecule has 1 aromatic heterocycles. The molecular weight excluding hydrogens is 231 g/mol. The first-order chi connectivity index (χ1) is 7.97. The summed E-state index contributed by atoms with van der Waals surface area (Å²) in [6.07, 6.45) is -1.92. The van der Waals surface area contributed by atoms with Crippen LogP contribution < -0.4 is 5.32 Å². The van der Waals surface area contributed by atoms with Crippen LogP contribution in [-0.2, 0) is 6.18 Å². The molecule has 0 saturated heterocycles. The maximum Gasteiger partial charge on any atom is 0.435 e.